The summed E-state index contributed by atoms with van der Waals surface area (Å²) in [5.74, 6) is 1.52. The van der Waals surface area contributed by atoms with Gasteiger partial charge in [-0.25, -0.2) is 15.0 Å². The van der Waals surface area contributed by atoms with Crippen LogP contribution in [0.4, 0.5) is 5.82 Å². The molecule has 0 aliphatic carbocycles. The molecule has 9 nitrogen and oxygen atoms in total. The van der Waals surface area contributed by atoms with Crippen LogP contribution in [-0.2, 0) is 18.4 Å². The number of carbonyl (C=O) groups excluding carboxylic acids is 1. The molecule has 1 aliphatic rings. The second kappa shape index (κ2) is 7.21. The lowest BCUT2D eigenvalue weighted by molar-refractivity contribution is -0.128. The highest BCUT2D eigenvalue weighted by atomic mass is 16.2. The first-order chi connectivity index (χ1) is 13.5. The zero-order valence-corrected chi connectivity index (χ0v) is 16.8. The molecular formula is C19H26N8O. The average molecular weight is 382 g/mol. The number of nitrogens with zero attached hydrogens (tertiary/aromatic N) is 7. The van der Waals surface area contributed by atoms with Crippen LogP contribution >= 0.6 is 0 Å². The lowest BCUT2D eigenvalue weighted by Crippen LogP contribution is -2.34. The van der Waals surface area contributed by atoms with Crippen LogP contribution in [-0.4, -0.2) is 59.2 Å². The van der Waals surface area contributed by atoms with Gasteiger partial charge in [-0.05, 0) is 26.7 Å². The van der Waals surface area contributed by atoms with E-state index in [1.807, 2.05) is 34.3 Å². The van der Waals surface area contributed by atoms with E-state index in [-0.39, 0.29) is 11.9 Å². The van der Waals surface area contributed by atoms with Crippen molar-refractivity contribution in [1.29, 1.82) is 0 Å². The van der Waals surface area contributed by atoms with Crippen LogP contribution in [0.15, 0.2) is 12.5 Å². The number of anilines is 1. The molecule has 0 radical (unpaired) electrons. The summed E-state index contributed by atoms with van der Waals surface area (Å²) in [7, 11) is 1.94. The van der Waals surface area contributed by atoms with E-state index in [1.54, 1.807) is 0 Å². The summed E-state index contributed by atoms with van der Waals surface area (Å²) >= 11 is 0. The number of carbonyl (C=O) groups is 1. The number of hydrogen-bond donors (Lipinski definition) is 1. The Morgan fingerprint density at radius 2 is 2.11 bits per heavy atom. The van der Waals surface area contributed by atoms with Crippen LogP contribution in [0.1, 0.15) is 32.4 Å². The van der Waals surface area contributed by atoms with Gasteiger partial charge in [0.05, 0.1) is 11.8 Å². The number of amides is 1. The van der Waals surface area contributed by atoms with Crippen LogP contribution < -0.4 is 5.32 Å². The van der Waals surface area contributed by atoms with Gasteiger partial charge in [0.25, 0.3) is 0 Å². The van der Waals surface area contributed by atoms with Gasteiger partial charge in [-0.3, -0.25) is 9.48 Å². The van der Waals surface area contributed by atoms with Crippen molar-refractivity contribution >= 4 is 22.9 Å². The Hall–Kier alpha value is -2.97. The fourth-order valence-corrected chi connectivity index (χ4v) is 3.86. The second-order valence-corrected chi connectivity index (χ2v) is 7.16. The maximum absolute atomic E-state index is 12.6. The van der Waals surface area contributed by atoms with E-state index >= 15 is 0 Å². The molecule has 0 saturated carbocycles. The van der Waals surface area contributed by atoms with Crippen molar-refractivity contribution < 1.29 is 4.79 Å². The molecule has 28 heavy (non-hydrogen) atoms. The molecule has 1 saturated heterocycles. The molecule has 148 valence electrons. The molecule has 3 aromatic rings. The standard InChI is InChI=1S/C19H26N8O/c1-5-8-26-9-7-14(19(26)28)23-16-15-18(21-11-20-16)25(4)17(24-15)13-10-22-27(6-2)12(13)3/h10-11,14H,5-9H2,1-4H3,(H,20,21,23). The fraction of sp³-hybridized carbons (Fsp3) is 0.526. The van der Waals surface area contributed by atoms with E-state index in [1.165, 1.54) is 6.33 Å². The van der Waals surface area contributed by atoms with Gasteiger partial charge in [0.1, 0.15) is 18.2 Å². The SMILES string of the molecule is CCCN1CCC(Nc2ncnc3c2nc(-c2cnn(CC)c2C)n3C)C1=O. The smallest absolute Gasteiger partial charge is 0.245 e. The minimum Gasteiger partial charge on any atom is -0.356 e. The first kappa shape index (κ1) is 18.4. The monoisotopic (exact) mass is 382 g/mol. The number of hydrogen-bond acceptors (Lipinski definition) is 6. The summed E-state index contributed by atoms with van der Waals surface area (Å²) in [5.41, 5.74) is 3.43. The van der Waals surface area contributed by atoms with Crippen molar-refractivity contribution in [2.24, 2.45) is 7.05 Å². The fourth-order valence-electron chi connectivity index (χ4n) is 3.86. The zero-order chi connectivity index (χ0) is 19.8. The highest BCUT2D eigenvalue weighted by Crippen LogP contribution is 2.28. The summed E-state index contributed by atoms with van der Waals surface area (Å²) in [6.07, 6.45) is 5.09. The lowest BCUT2D eigenvalue weighted by Gasteiger charge is -2.16. The molecule has 1 atom stereocenters. The van der Waals surface area contributed by atoms with Crippen molar-refractivity contribution in [3.63, 3.8) is 0 Å². The van der Waals surface area contributed by atoms with Gasteiger partial charge >= 0.3 is 0 Å². The molecule has 0 spiro atoms. The van der Waals surface area contributed by atoms with Gasteiger partial charge < -0.3 is 14.8 Å². The van der Waals surface area contributed by atoms with Gasteiger partial charge in [-0.1, -0.05) is 6.92 Å². The molecule has 9 heteroatoms. The van der Waals surface area contributed by atoms with Crippen LogP contribution in [0.5, 0.6) is 0 Å². The third-order valence-corrected chi connectivity index (χ3v) is 5.40. The van der Waals surface area contributed by atoms with Gasteiger partial charge in [0, 0.05) is 32.4 Å². The normalized spacial score (nSPS) is 17.1. The summed E-state index contributed by atoms with van der Waals surface area (Å²) in [5, 5.41) is 7.73. The highest BCUT2D eigenvalue weighted by Gasteiger charge is 2.32. The van der Waals surface area contributed by atoms with Gasteiger partial charge in [0.15, 0.2) is 17.0 Å². The first-order valence-corrected chi connectivity index (χ1v) is 9.80. The quantitative estimate of drug-likeness (QED) is 0.701. The molecule has 0 bridgehead atoms. The predicted octanol–water partition coefficient (Wildman–Crippen LogP) is 1.98. The lowest BCUT2D eigenvalue weighted by atomic mass is 10.2. The number of fused-ring (bicyclic) bond motifs is 1. The Bertz CT molecular complexity index is 1020. The molecule has 1 N–H and O–H groups in total. The largest absolute Gasteiger partial charge is 0.356 e. The third kappa shape index (κ3) is 2.90. The number of aryl methyl sites for hydroxylation is 2. The summed E-state index contributed by atoms with van der Waals surface area (Å²) in [6, 6.07) is -0.264. The topological polar surface area (TPSA) is 93.8 Å². The van der Waals surface area contributed by atoms with Crippen molar-refractivity contribution in [3.05, 3.63) is 18.2 Å². The molecule has 1 fully saturated rings. The van der Waals surface area contributed by atoms with Gasteiger partial charge in [0.2, 0.25) is 5.91 Å². The molecule has 1 amide bonds. The van der Waals surface area contributed by atoms with Crippen LogP contribution in [0.2, 0.25) is 0 Å². The maximum atomic E-state index is 12.6. The van der Waals surface area contributed by atoms with E-state index in [4.69, 9.17) is 4.98 Å². The van der Waals surface area contributed by atoms with E-state index in [9.17, 15) is 4.79 Å². The summed E-state index contributed by atoms with van der Waals surface area (Å²) in [4.78, 5) is 28.1. The molecule has 1 aliphatic heterocycles. The highest BCUT2D eigenvalue weighted by molar-refractivity contribution is 5.91. The summed E-state index contributed by atoms with van der Waals surface area (Å²) in [6.45, 7) is 8.56. The number of likely N-dealkylation sites (tertiary alicyclic amines) is 1. The summed E-state index contributed by atoms with van der Waals surface area (Å²) < 4.78 is 3.89. The Labute approximate surface area is 163 Å². The molecular weight excluding hydrogens is 356 g/mol. The van der Waals surface area contributed by atoms with E-state index in [2.05, 4.69) is 34.2 Å². The number of imidazole rings is 1. The van der Waals surface area contributed by atoms with Gasteiger partial charge in [-0.15, -0.1) is 0 Å². The average Bonchev–Trinajstić information content (AvgIpc) is 3.34. The molecule has 0 aromatic carbocycles. The van der Waals surface area contributed by atoms with E-state index < -0.39 is 0 Å². The Morgan fingerprint density at radius 1 is 1.29 bits per heavy atom. The predicted molar refractivity (Wildman–Crippen MR) is 107 cm³/mol. The Morgan fingerprint density at radius 3 is 2.82 bits per heavy atom. The number of rotatable bonds is 6. The maximum Gasteiger partial charge on any atom is 0.245 e. The third-order valence-electron chi connectivity index (χ3n) is 5.40. The van der Waals surface area contributed by atoms with Crippen molar-refractivity contribution in [3.8, 4) is 11.4 Å². The van der Waals surface area contributed by atoms with Crippen molar-refractivity contribution in [2.45, 2.75) is 46.2 Å². The number of nitrogens with one attached hydrogen (secondary N) is 1. The van der Waals surface area contributed by atoms with Crippen LogP contribution in [0.25, 0.3) is 22.6 Å². The van der Waals surface area contributed by atoms with Crippen molar-refractivity contribution in [1.82, 2.24) is 34.2 Å². The van der Waals surface area contributed by atoms with E-state index in [0.29, 0.717) is 11.3 Å². The minimum atomic E-state index is -0.264. The van der Waals surface area contributed by atoms with Crippen LogP contribution in [0.3, 0.4) is 0 Å². The molecule has 1 unspecified atom stereocenters. The van der Waals surface area contributed by atoms with E-state index in [0.717, 1.165) is 55.2 Å². The minimum absolute atomic E-state index is 0.129. The zero-order valence-electron chi connectivity index (χ0n) is 16.8. The van der Waals surface area contributed by atoms with Gasteiger partial charge in [-0.2, -0.15) is 5.10 Å². The first-order valence-electron chi connectivity index (χ1n) is 9.80. The van der Waals surface area contributed by atoms with Crippen molar-refractivity contribution in [2.75, 3.05) is 18.4 Å². The van der Waals surface area contributed by atoms with Crippen LogP contribution in [0, 0.1) is 6.92 Å². The Balaban J connectivity index is 1.69. The molecule has 4 rings (SSSR count). The molecule has 3 aromatic heterocycles. The Kier molecular flexibility index (Phi) is 4.74. The number of aromatic nitrogens is 6. The second-order valence-electron chi connectivity index (χ2n) is 7.16. The molecule has 4 heterocycles.